The summed E-state index contributed by atoms with van der Waals surface area (Å²) < 4.78 is 10.6. The van der Waals surface area contributed by atoms with Crippen molar-refractivity contribution in [3.8, 4) is 11.5 Å². The molecule has 0 bridgehead atoms. The van der Waals surface area contributed by atoms with Crippen LogP contribution in [0.15, 0.2) is 12.1 Å². The van der Waals surface area contributed by atoms with Gasteiger partial charge in [0.15, 0.2) is 6.10 Å². The highest BCUT2D eigenvalue weighted by molar-refractivity contribution is 5.77. The summed E-state index contributed by atoms with van der Waals surface area (Å²) in [7, 11) is 2.99. The zero-order chi connectivity index (χ0) is 15.4. The lowest BCUT2D eigenvalue weighted by Gasteiger charge is -2.31. The predicted octanol–water partition coefficient (Wildman–Crippen LogP) is 1.81. The first-order chi connectivity index (χ1) is 10.1. The van der Waals surface area contributed by atoms with Crippen LogP contribution >= 0.6 is 0 Å². The van der Waals surface area contributed by atoms with E-state index in [1.165, 1.54) is 20.6 Å². The molecule has 1 fully saturated rings. The number of carboxylic acids is 1. The zero-order valence-corrected chi connectivity index (χ0v) is 12.3. The molecule has 0 aromatic heterocycles. The number of carbonyl (C=O) groups is 1. The molecule has 1 atom stereocenters. The van der Waals surface area contributed by atoms with Crippen molar-refractivity contribution in [2.45, 2.75) is 25.4 Å². The highest BCUT2D eigenvalue weighted by Crippen LogP contribution is 2.39. The van der Waals surface area contributed by atoms with Gasteiger partial charge < -0.3 is 24.6 Å². The van der Waals surface area contributed by atoms with Crippen molar-refractivity contribution in [1.82, 2.24) is 0 Å². The van der Waals surface area contributed by atoms with Crippen LogP contribution < -0.4 is 14.4 Å². The summed E-state index contributed by atoms with van der Waals surface area (Å²) in [6.45, 7) is 1.86. The Labute approximate surface area is 123 Å². The van der Waals surface area contributed by atoms with Gasteiger partial charge in [-0.3, -0.25) is 0 Å². The number of methoxy groups -OCH3 is 2. The number of piperidine rings is 1. The van der Waals surface area contributed by atoms with Gasteiger partial charge in [0, 0.05) is 24.7 Å². The van der Waals surface area contributed by atoms with Gasteiger partial charge >= 0.3 is 5.97 Å². The van der Waals surface area contributed by atoms with Crippen LogP contribution in [0.25, 0.3) is 0 Å². The molecule has 2 rings (SSSR count). The molecule has 21 heavy (non-hydrogen) atoms. The Bertz CT molecular complexity index is 511. The minimum Gasteiger partial charge on any atom is -0.496 e. The number of aliphatic hydroxyl groups excluding tert-OH is 1. The van der Waals surface area contributed by atoms with Crippen molar-refractivity contribution in [1.29, 1.82) is 0 Å². The zero-order valence-electron chi connectivity index (χ0n) is 12.3. The normalized spacial score (nSPS) is 16.4. The van der Waals surface area contributed by atoms with Gasteiger partial charge in [0.1, 0.15) is 11.5 Å². The van der Waals surface area contributed by atoms with Gasteiger partial charge in [0.05, 0.1) is 19.9 Å². The molecular formula is C15H21NO5. The fourth-order valence-corrected chi connectivity index (χ4v) is 2.63. The van der Waals surface area contributed by atoms with Crippen molar-refractivity contribution >= 4 is 11.7 Å². The molecule has 116 valence electrons. The molecule has 0 saturated carbocycles. The van der Waals surface area contributed by atoms with E-state index in [0.717, 1.165) is 31.6 Å². The average Bonchev–Trinajstić information content (AvgIpc) is 2.53. The lowest BCUT2D eigenvalue weighted by Crippen LogP contribution is -2.29. The van der Waals surface area contributed by atoms with E-state index in [-0.39, 0.29) is 5.56 Å². The second kappa shape index (κ2) is 6.67. The minimum absolute atomic E-state index is 0.197. The third kappa shape index (κ3) is 3.21. The quantitative estimate of drug-likeness (QED) is 0.862. The smallest absolute Gasteiger partial charge is 0.337 e. The van der Waals surface area contributed by atoms with Crippen molar-refractivity contribution in [2.24, 2.45) is 0 Å². The number of nitrogens with zero attached hydrogens (tertiary/aromatic N) is 1. The number of anilines is 1. The maximum atomic E-state index is 11.0. The van der Waals surface area contributed by atoms with Crippen LogP contribution in [0.1, 0.15) is 30.9 Å². The molecule has 0 amide bonds. The monoisotopic (exact) mass is 295 g/mol. The number of ether oxygens (including phenoxy) is 2. The van der Waals surface area contributed by atoms with Gasteiger partial charge in [-0.05, 0) is 25.3 Å². The molecule has 6 heteroatoms. The standard InChI is InChI=1S/C15H21NO5/c1-20-12-9-11(16-6-4-3-5-7-16)13(21-2)8-10(12)14(17)15(18)19/h8-9,14,17H,3-7H2,1-2H3,(H,18,19). The molecule has 6 nitrogen and oxygen atoms in total. The Balaban J connectivity index is 2.44. The Morgan fingerprint density at radius 1 is 1.14 bits per heavy atom. The molecule has 0 aliphatic carbocycles. The van der Waals surface area contributed by atoms with Gasteiger partial charge in [-0.15, -0.1) is 0 Å². The molecule has 1 heterocycles. The van der Waals surface area contributed by atoms with E-state index in [9.17, 15) is 9.90 Å². The van der Waals surface area contributed by atoms with E-state index in [1.807, 2.05) is 0 Å². The Morgan fingerprint density at radius 2 is 1.76 bits per heavy atom. The molecule has 1 unspecified atom stereocenters. The van der Waals surface area contributed by atoms with Crippen molar-refractivity contribution in [2.75, 3.05) is 32.2 Å². The molecule has 0 spiro atoms. The van der Waals surface area contributed by atoms with Crippen molar-refractivity contribution in [3.63, 3.8) is 0 Å². The molecule has 1 aliphatic heterocycles. The average molecular weight is 295 g/mol. The first kappa shape index (κ1) is 15.4. The maximum Gasteiger partial charge on any atom is 0.337 e. The van der Waals surface area contributed by atoms with Gasteiger partial charge in [-0.1, -0.05) is 0 Å². The van der Waals surface area contributed by atoms with Crippen LogP contribution in [0.2, 0.25) is 0 Å². The summed E-state index contributed by atoms with van der Waals surface area (Å²) in [4.78, 5) is 13.2. The van der Waals surface area contributed by atoms with Gasteiger partial charge in [-0.2, -0.15) is 0 Å². The molecule has 1 aromatic rings. The van der Waals surface area contributed by atoms with Gasteiger partial charge in [-0.25, -0.2) is 4.79 Å². The summed E-state index contributed by atoms with van der Waals surface area (Å²) >= 11 is 0. The van der Waals surface area contributed by atoms with Crippen LogP contribution in [0, 0.1) is 0 Å². The third-order valence-corrected chi connectivity index (χ3v) is 3.76. The minimum atomic E-state index is -1.63. The van der Waals surface area contributed by atoms with Gasteiger partial charge in [0.25, 0.3) is 0 Å². The number of hydrogen-bond donors (Lipinski definition) is 2. The summed E-state index contributed by atoms with van der Waals surface area (Å²) in [5, 5.41) is 18.8. The lowest BCUT2D eigenvalue weighted by molar-refractivity contribution is -0.147. The highest BCUT2D eigenvalue weighted by atomic mass is 16.5. The second-order valence-corrected chi connectivity index (χ2v) is 5.05. The van der Waals surface area contributed by atoms with Crippen LogP contribution in [0.5, 0.6) is 11.5 Å². The Kier molecular flexibility index (Phi) is 4.90. The van der Waals surface area contributed by atoms with E-state index >= 15 is 0 Å². The van der Waals surface area contributed by atoms with E-state index in [4.69, 9.17) is 14.6 Å². The second-order valence-electron chi connectivity index (χ2n) is 5.05. The molecule has 1 aromatic carbocycles. The first-order valence-electron chi connectivity index (χ1n) is 7.00. The largest absolute Gasteiger partial charge is 0.496 e. The van der Waals surface area contributed by atoms with E-state index in [2.05, 4.69) is 4.90 Å². The molecule has 1 saturated heterocycles. The summed E-state index contributed by atoms with van der Waals surface area (Å²) in [5.41, 5.74) is 1.07. The van der Waals surface area contributed by atoms with Crippen LogP contribution in [0.4, 0.5) is 5.69 Å². The first-order valence-corrected chi connectivity index (χ1v) is 7.00. The highest BCUT2D eigenvalue weighted by Gasteiger charge is 2.25. The van der Waals surface area contributed by atoms with Crippen LogP contribution in [-0.4, -0.2) is 43.5 Å². The predicted molar refractivity (Wildman–Crippen MR) is 78.2 cm³/mol. The van der Waals surface area contributed by atoms with E-state index in [0.29, 0.717) is 11.5 Å². The summed E-state index contributed by atoms with van der Waals surface area (Å²) in [6, 6.07) is 3.28. The molecule has 2 N–H and O–H groups in total. The van der Waals surface area contributed by atoms with Crippen LogP contribution in [-0.2, 0) is 4.79 Å². The van der Waals surface area contributed by atoms with Crippen LogP contribution in [0.3, 0.4) is 0 Å². The fourth-order valence-electron chi connectivity index (χ4n) is 2.63. The number of aliphatic hydroxyl groups is 1. The van der Waals surface area contributed by atoms with Crippen molar-refractivity contribution < 1.29 is 24.5 Å². The topological polar surface area (TPSA) is 79.2 Å². The lowest BCUT2D eigenvalue weighted by atomic mass is 10.0. The number of hydrogen-bond acceptors (Lipinski definition) is 5. The number of benzene rings is 1. The van der Waals surface area contributed by atoms with Gasteiger partial charge in [0.2, 0.25) is 0 Å². The third-order valence-electron chi connectivity index (χ3n) is 3.76. The SMILES string of the molecule is COc1cc(N2CCCCC2)c(OC)cc1C(O)C(=O)O. The fraction of sp³-hybridized carbons (Fsp3) is 0.533. The molecule has 0 radical (unpaired) electrons. The van der Waals surface area contributed by atoms with E-state index < -0.39 is 12.1 Å². The van der Waals surface area contributed by atoms with E-state index in [1.54, 1.807) is 12.1 Å². The van der Waals surface area contributed by atoms with Crippen molar-refractivity contribution in [3.05, 3.63) is 17.7 Å². The molecular weight excluding hydrogens is 274 g/mol. The summed E-state index contributed by atoms with van der Waals surface area (Å²) in [6.07, 6.45) is 1.81. The number of aliphatic carboxylic acids is 1. The Morgan fingerprint density at radius 3 is 2.29 bits per heavy atom. The molecule has 1 aliphatic rings. The maximum absolute atomic E-state index is 11.0. The Hall–Kier alpha value is -1.95. The summed E-state index contributed by atoms with van der Waals surface area (Å²) in [5.74, 6) is -0.416. The number of carboxylic acid groups (broad SMARTS) is 1. The number of rotatable bonds is 5.